The molecule has 2 N–H and O–H groups in total. The number of benzene rings is 1. The van der Waals surface area contributed by atoms with Crippen molar-refractivity contribution in [3.63, 3.8) is 0 Å². The van der Waals surface area contributed by atoms with Crippen molar-refractivity contribution in [3.8, 4) is 0 Å². The fourth-order valence-corrected chi connectivity index (χ4v) is 3.32. The monoisotopic (exact) mass is 266 g/mol. The van der Waals surface area contributed by atoms with Gasteiger partial charge in [-0.05, 0) is 37.1 Å². The van der Waals surface area contributed by atoms with Crippen LogP contribution in [0.25, 0.3) is 0 Å². The van der Waals surface area contributed by atoms with Gasteiger partial charge in [0, 0.05) is 10.6 Å². The second kappa shape index (κ2) is 5.76. The van der Waals surface area contributed by atoms with Crippen LogP contribution in [0.4, 0.5) is 0 Å². The van der Waals surface area contributed by atoms with E-state index in [0.29, 0.717) is 11.3 Å². The third-order valence-corrected chi connectivity index (χ3v) is 4.68. The van der Waals surface area contributed by atoms with Crippen LogP contribution >= 0.6 is 11.8 Å². The van der Waals surface area contributed by atoms with E-state index in [1.54, 1.807) is 36.0 Å². The van der Waals surface area contributed by atoms with Crippen molar-refractivity contribution in [2.24, 2.45) is 0 Å². The van der Waals surface area contributed by atoms with Crippen LogP contribution < -0.4 is 0 Å². The van der Waals surface area contributed by atoms with Gasteiger partial charge >= 0.3 is 5.97 Å². The van der Waals surface area contributed by atoms with Crippen molar-refractivity contribution >= 4 is 17.7 Å². The molecule has 0 unspecified atom stereocenters. The van der Waals surface area contributed by atoms with Crippen LogP contribution in [0.5, 0.6) is 0 Å². The van der Waals surface area contributed by atoms with Gasteiger partial charge in [0.2, 0.25) is 0 Å². The minimum absolute atomic E-state index is 0.302. The standard InChI is InChI=1S/C14H18O3S/c15-13(16)11-4-6-12(7-5-11)18-10-14(17)8-2-1-3-9-14/h4-7,17H,1-3,8-10H2,(H,15,16). The van der Waals surface area contributed by atoms with Gasteiger partial charge in [0.15, 0.2) is 0 Å². The zero-order valence-corrected chi connectivity index (χ0v) is 11.1. The Morgan fingerprint density at radius 3 is 2.33 bits per heavy atom. The summed E-state index contributed by atoms with van der Waals surface area (Å²) in [7, 11) is 0. The third kappa shape index (κ3) is 3.50. The van der Waals surface area contributed by atoms with Crippen LogP contribution in [-0.2, 0) is 0 Å². The zero-order chi connectivity index (χ0) is 13.0. The van der Waals surface area contributed by atoms with Crippen molar-refractivity contribution in [2.45, 2.75) is 42.6 Å². The van der Waals surface area contributed by atoms with Crippen LogP contribution in [-0.4, -0.2) is 27.5 Å². The number of hydrogen-bond acceptors (Lipinski definition) is 3. The van der Waals surface area contributed by atoms with E-state index in [9.17, 15) is 9.90 Å². The van der Waals surface area contributed by atoms with E-state index in [4.69, 9.17) is 5.11 Å². The summed E-state index contributed by atoms with van der Waals surface area (Å²) >= 11 is 1.60. The minimum atomic E-state index is -0.905. The molecule has 4 heteroatoms. The molecule has 0 atom stereocenters. The molecule has 1 aliphatic carbocycles. The highest BCUT2D eigenvalue weighted by Gasteiger charge is 2.28. The van der Waals surface area contributed by atoms with Crippen LogP contribution in [0, 0.1) is 0 Å². The first-order valence-corrected chi connectivity index (χ1v) is 7.26. The molecule has 1 fully saturated rings. The molecule has 3 nitrogen and oxygen atoms in total. The van der Waals surface area contributed by atoms with E-state index in [0.717, 1.165) is 30.6 Å². The first kappa shape index (κ1) is 13.4. The molecule has 1 aromatic carbocycles. The Kier molecular flexibility index (Phi) is 4.30. The number of rotatable bonds is 4. The quantitative estimate of drug-likeness (QED) is 0.822. The van der Waals surface area contributed by atoms with Crippen LogP contribution in [0.15, 0.2) is 29.2 Å². The number of hydrogen-bond donors (Lipinski definition) is 2. The summed E-state index contributed by atoms with van der Waals surface area (Å²) in [5.74, 6) is -0.211. The van der Waals surface area contributed by atoms with Gasteiger partial charge < -0.3 is 10.2 Å². The van der Waals surface area contributed by atoms with Crippen molar-refractivity contribution < 1.29 is 15.0 Å². The molecule has 0 heterocycles. The van der Waals surface area contributed by atoms with E-state index < -0.39 is 11.6 Å². The van der Waals surface area contributed by atoms with Crippen LogP contribution in [0.2, 0.25) is 0 Å². The Bertz CT molecular complexity index is 408. The summed E-state index contributed by atoms with van der Waals surface area (Å²) in [5, 5.41) is 19.2. The van der Waals surface area contributed by atoms with E-state index in [-0.39, 0.29) is 0 Å². The predicted molar refractivity (Wildman–Crippen MR) is 72.2 cm³/mol. The highest BCUT2D eigenvalue weighted by atomic mass is 32.2. The van der Waals surface area contributed by atoms with E-state index >= 15 is 0 Å². The lowest BCUT2D eigenvalue weighted by molar-refractivity contribution is 0.0273. The predicted octanol–water partition coefficient (Wildman–Crippen LogP) is 3.17. The maximum atomic E-state index is 10.7. The van der Waals surface area contributed by atoms with Crippen molar-refractivity contribution in [2.75, 3.05) is 5.75 Å². The molecule has 0 spiro atoms. The maximum absolute atomic E-state index is 10.7. The summed E-state index contributed by atoms with van der Waals surface area (Å²) in [6.07, 6.45) is 5.20. The fourth-order valence-electron chi connectivity index (χ4n) is 2.27. The third-order valence-electron chi connectivity index (χ3n) is 3.39. The second-order valence-electron chi connectivity index (χ2n) is 4.90. The smallest absolute Gasteiger partial charge is 0.335 e. The number of carbonyl (C=O) groups is 1. The molecular weight excluding hydrogens is 248 g/mol. The molecule has 18 heavy (non-hydrogen) atoms. The highest BCUT2D eigenvalue weighted by Crippen LogP contribution is 2.33. The zero-order valence-electron chi connectivity index (χ0n) is 10.3. The highest BCUT2D eigenvalue weighted by molar-refractivity contribution is 7.99. The molecule has 0 radical (unpaired) electrons. The Balaban J connectivity index is 1.91. The number of carboxylic acid groups (broad SMARTS) is 1. The van der Waals surface area contributed by atoms with Gasteiger partial charge in [-0.1, -0.05) is 19.3 Å². The molecule has 98 valence electrons. The largest absolute Gasteiger partial charge is 0.478 e. The number of aromatic carboxylic acids is 1. The average molecular weight is 266 g/mol. The summed E-state index contributed by atoms with van der Waals surface area (Å²) in [6, 6.07) is 6.83. The molecule has 1 saturated carbocycles. The van der Waals surface area contributed by atoms with Gasteiger partial charge in [-0.2, -0.15) is 0 Å². The molecule has 0 bridgehead atoms. The van der Waals surface area contributed by atoms with Crippen LogP contribution in [0.3, 0.4) is 0 Å². The summed E-state index contributed by atoms with van der Waals surface area (Å²) in [4.78, 5) is 11.7. The normalized spacial score (nSPS) is 18.5. The molecule has 1 aromatic rings. The SMILES string of the molecule is O=C(O)c1ccc(SCC2(O)CCCCC2)cc1. The molecule has 0 saturated heterocycles. The Morgan fingerprint density at radius 1 is 1.17 bits per heavy atom. The molecular formula is C14H18O3S. The van der Waals surface area contributed by atoms with E-state index in [2.05, 4.69) is 0 Å². The van der Waals surface area contributed by atoms with E-state index in [1.165, 1.54) is 6.42 Å². The van der Waals surface area contributed by atoms with Gasteiger partial charge in [0.25, 0.3) is 0 Å². The first-order chi connectivity index (χ1) is 8.59. The van der Waals surface area contributed by atoms with Gasteiger partial charge in [0.1, 0.15) is 0 Å². The molecule has 2 rings (SSSR count). The summed E-state index contributed by atoms with van der Waals surface area (Å²) in [5.41, 5.74) is -0.232. The van der Waals surface area contributed by atoms with Gasteiger partial charge in [0.05, 0.1) is 11.2 Å². The van der Waals surface area contributed by atoms with Gasteiger partial charge in [-0.15, -0.1) is 11.8 Å². The second-order valence-corrected chi connectivity index (χ2v) is 5.95. The summed E-state index contributed by atoms with van der Waals surface area (Å²) < 4.78 is 0. The van der Waals surface area contributed by atoms with E-state index in [1.807, 2.05) is 0 Å². The fraction of sp³-hybridized carbons (Fsp3) is 0.500. The first-order valence-electron chi connectivity index (χ1n) is 6.28. The Hall–Kier alpha value is -1.00. The van der Waals surface area contributed by atoms with Gasteiger partial charge in [-0.3, -0.25) is 0 Å². The lowest BCUT2D eigenvalue weighted by atomic mass is 9.86. The lowest BCUT2D eigenvalue weighted by Crippen LogP contribution is -2.33. The maximum Gasteiger partial charge on any atom is 0.335 e. The van der Waals surface area contributed by atoms with Crippen LogP contribution in [0.1, 0.15) is 42.5 Å². The molecule has 0 aliphatic heterocycles. The average Bonchev–Trinajstić information content (AvgIpc) is 2.38. The number of thioether (sulfide) groups is 1. The van der Waals surface area contributed by atoms with Gasteiger partial charge in [-0.25, -0.2) is 4.79 Å². The molecule has 0 aromatic heterocycles. The lowest BCUT2D eigenvalue weighted by Gasteiger charge is -2.31. The number of aliphatic hydroxyl groups is 1. The van der Waals surface area contributed by atoms with Crippen molar-refractivity contribution in [1.29, 1.82) is 0 Å². The summed E-state index contributed by atoms with van der Waals surface area (Å²) in [6.45, 7) is 0. The molecule has 0 amide bonds. The van der Waals surface area contributed by atoms with Crippen molar-refractivity contribution in [3.05, 3.63) is 29.8 Å². The topological polar surface area (TPSA) is 57.5 Å². The Labute approximate surface area is 111 Å². The Morgan fingerprint density at radius 2 is 1.78 bits per heavy atom. The van der Waals surface area contributed by atoms with Crippen molar-refractivity contribution in [1.82, 2.24) is 0 Å². The minimum Gasteiger partial charge on any atom is -0.478 e. The molecule has 1 aliphatic rings. The number of carboxylic acids is 1.